The van der Waals surface area contributed by atoms with E-state index in [2.05, 4.69) is 20.3 Å². The topological polar surface area (TPSA) is 77.0 Å². The number of ether oxygens (including phenoxy) is 1. The van der Waals surface area contributed by atoms with Crippen molar-refractivity contribution in [2.75, 3.05) is 5.32 Å². The molecule has 1 amide bonds. The third-order valence-electron chi connectivity index (χ3n) is 4.42. The second-order valence-corrected chi connectivity index (χ2v) is 6.68. The van der Waals surface area contributed by atoms with Gasteiger partial charge in [-0.1, -0.05) is 18.2 Å². The van der Waals surface area contributed by atoms with Gasteiger partial charge in [-0.15, -0.1) is 0 Å². The molecule has 0 aliphatic carbocycles. The van der Waals surface area contributed by atoms with Gasteiger partial charge in [0.25, 0.3) is 5.91 Å². The second-order valence-electron chi connectivity index (χ2n) is 6.68. The van der Waals surface area contributed by atoms with Crippen LogP contribution in [0.25, 0.3) is 22.3 Å². The van der Waals surface area contributed by atoms with Crippen LogP contribution in [0.3, 0.4) is 0 Å². The number of para-hydroxylation sites is 2. The fraction of sp³-hybridized carbons (Fsp3) is 0.130. The number of benzene rings is 2. The van der Waals surface area contributed by atoms with Crippen LogP contribution in [-0.2, 0) is 4.79 Å². The molecule has 0 fully saturated rings. The summed E-state index contributed by atoms with van der Waals surface area (Å²) < 4.78 is 5.76. The minimum absolute atomic E-state index is 0.257. The van der Waals surface area contributed by atoms with E-state index in [-0.39, 0.29) is 5.91 Å². The van der Waals surface area contributed by atoms with Crippen molar-refractivity contribution in [1.82, 2.24) is 15.0 Å². The molecule has 6 nitrogen and oxygen atoms in total. The van der Waals surface area contributed by atoms with Gasteiger partial charge in [0.1, 0.15) is 11.6 Å². The quantitative estimate of drug-likeness (QED) is 0.552. The lowest BCUT2D eigenvalue weighted by molar-refractivity contribution is -0.122. The van der Waals surface area contributed by atoms with E-state index in [1.807, 2.05) is 67.6 Å². The molecule has 4 rings (SSSR count). The van der Waals surface area contributed by atoms with Gasteiger partial charge in [-0.3, -0.25) is 9.78 Å². The number of rotatable bonds is 5. The third-order valence-corrected chi connectivity index (χ3v) is 4.42. The highest BCUT2D eigenvalue weighted by Crippen LogP contribution is 2.22. The van der Waals surface area contributed by atoms with E-state index in [0.29, 0.717) is 11.6 Å². The van der Waals surface area contributed by atoms with Gasteiger partial charge < -0.3 is 10.1 Å². The number of nitrogens with one attached hydrogen (secondary N) is 1. The van der Waals surface area contributed by atoms with Gasteiger partial charge in [-0.05, 0) is 62.4 Å². The molecule has 0 radical (unpaired) electrons. The Morgan fingerprint density at radius 1 is 0.931 bits per heavy atom. The van der Waals surface area contributed by atoms with Crippen LogP contribution in [0.2, 0.25) is 0 Å². The lowest BCUT2D eigenvalue weighted by atomic mass is 10.1. The highest BCUT2D eigenvalue weighted by Gasteiger charge is 2.15. The third kappa shape index (κ3) is 4.38. The molecular weight excluding hydrogens is 364 g/mol. The minimum Gasteiger partial charge on any atom is -0.481 e. The molecule has 0 aliphatic heterocycles. The van der Waals surface area contributed by atoms with Crippen molar-refractivity contribution in [3.05, 3.63) is 78.6 Å². The van der Waals surface area contributed by atoms with Crippen molar-refractivity contribution in [2.45, 2.75) is 20.0 Å². The summed E-state index contributed by atoms with van der Waals surface area (Å²) in [4.78, 5) is 25.7. The van der Waals surface area contributed by atoms with Crippen LogP contribution in [0, 0.1) is 6.92 Å². The average Bonchev–Trinajstić information content (AvgIpc) is 2.74. The number of pyridine rings is 1. The van der Waals surface area contributed by atoms with Crippen LogP contribution in [0.5, 0.6) is 5.75 Å². The monoisotopic (exact) mass is 384 g/mol. The van der Waals surface area contributed by atoms with Crippen LogP contribution in [0.15, 0.2) is 72.9 Å². The molecule has 2 aromatic carbocycles. The number of hydrogen-bond acceptors (Lipinski definition) is 5. The molecule has 1 atom stereocenters. The normalized spacial score (nSPS) is 11.8. The Balaban J connectivity index is 1.43. The predicted molar refractivity (Wildman–Crippen MR) is 113 cm³/mol. The first kappa shape index (κ1) is 18.6. The van der Waals surface area contributed by atoms with Crippen LogP contribution in [-0.4, -0.2) is 27.0 Å². The number of carbonyl (C=O) groups is 1. The first-order valence-electron chi connectivity index (χ1n) is 9.32. The van der Waals surface area contributed by atoms with Gasteiger partial charge in [0.15, 0.2) is 6.10 Å². The summed E-state index contributed by atoms with van der Waals surface area (Å²) in [6.45, 7) is 3.57. The first-order chi connectivity index (χ1) is 14.1. The maximum absolute atomic E-state index is 12.3. The molecule has 144 valence electrons. The number of anilines is 1. The Hall–Kier alpha value is -3.80. The predicted octanol–water partition coefficient (Wildman–Crippen LogP) is 4.41. The van der Waals surface area contributed by atoms with Gasteiger partial charge in [0, 0.05) is 11.3 Å². The molecule has 2 aromatic heterocycles. The maximum atomic E-state index is 12.3. The Labute approximate surface area is 168 Å². The van der Waals surface area contributed by atoms with E-state index < -0.39 is 6.10 Å². The summed E-state index contributed by atoms with van der Waals surface area (Å²) in [7, 11) is 0. The number of fused-ring (bicyclic) bond motifs is 1. The molecule has 1 N–H and O–H groups in total. The summed E-state index contributed by atoms with van der Waals surface area (Å²) in [5, 5.41) is 2.76. The number of carbonyl (C=O) groups excluding carboxylic acids is 1. The smallest absolute Gasteiger partial charge is 0.266 e. The molecule has 0 aliphatic rings. The fourth-order valence-electron chi connectivity index (χ4n) is 2.90. The minimum atomic E-state index is -0.663. The van der Waals surface area contributed by atoms with Crippen molar-refractivity contribution in [3.63, 3.8) is 0 Å². The molecule has 2 heterocycles. The van der Waals surface area contributed by atoms with Crippen molar-refractivity contribution < 1.29 is 9.53 Å². The SMILES string of the molecule is Cc1cccc(NC(=O)C(C)Oc2ccc(-c3cnc4ccccc4n3)cc2)n1. The van der Waals surface area contributed by atoms with Crippen LogP contribution in [0.4, 0.5) is 5.82 Å². The number of hydrogen-bond donors (Lipinski definition) is 1. The highest BCUT2D eigenvalue weighted by molar-refractivity contribution is 5.93. The lowest BCUT2D eigenvalue weighted by Gasteiger charge is -2.15. The van der Waals surface area contributed by atoms with E-state index >= 15 is 0 Å². The molecule has 4 aromatic rings. The largest absolute Gasteiger partial charge is 0.481 e. The van der Waals surface area contributed by atoms with Crippen molar-refractivity contribution in [1.29, 1.82) is 0 Å². The van der Waals surface area contributed by atoms with Crippen molar-refractivity contribution in [3.8, 4) is 17.0 Å². The van der Waals surface area contributed by atoms with Gasteiger partial charge in [0.2, 0.25) is 0 Å². The first-order valence-corrected chi connectivity index (χ1v) is 9.32. The number of aryl methyl sites for hydroxylation is 1. The highest BCUT2D eigenvalue weighted by atomic mass is 16.5. The van der Waals surface area contributed by atoms with Crippen LogP contribution >= 0.6 is 0 Å². The zero-order valence-corrected chi connectivity index (χ0v) is 16.2. The average molecular weight is 384 g/mol. The Bertz CT molecular complexity index is 1160. The van der Waals surface area contributed by atoms with E-state index in [0.717, 1.165) is 28.0 Å². The molecule has 29 heavy (non-hydrogen) atoms. The van der Waals surface area contributed by atoms with Crippen molar-refractivity contribution >= 4 is 22.8 Å². The number of aromatic nitrogens is 3. The zero-order valence-electron chi connectivity index (χ0n) is 16.2. The molecule has 0 saturated carbocycles. The number of amides is 1. The van der Waals surface area contributed by atoms with Gasteiger partial charge in [-0.2, -0.15) is 0 Å². The van der Waals surface area contributed by atoms with Gasteiger partial charge >= 0.3 is 0 Å². The van der Waals surface area contributed by atoms with Crippen LogP contribution in [0.1, 0.15) is 12.6 Å². The molecule has 0 saturated heterocycles. The standard InChI is InChI=1S/C23H20N4O2/c1-15-6-5-9-22(25-15)27-23(28)16(2)29-18-12-10-17(11-13-18)21-14-24-19-7-3-4-8-20(19)26-21/h3-14,16H,1-2H3,(H,25,27,28). The van der Waals surface area contributed by atoms with E-state index in [1.165, 1.54) is 0 Å². The Morgan fingerprint density at radius 2 is 1.69 bits per heavy atom. The molecule has 0 bridgehead atoms. The second kappa shape index (κ2) is 8.06. The maximum Gasteiger partial charge on any atom is 0.266 e. The molecule has 6 heteroatoms. The lowest BCUT2D eigenvalue weighted by Crippen LogP contribution is -2.30. The molecular formula is C23H20N4O2. The van der Waals surface area contributed by atoms with Gasteiger partial charge in [0.05, 0.1) is 22.9 Å². The van der Waals surface area contributed by atoms with Crippen LogP contribution < -0.4 is 10.1 Å². The van der Waals surface area contributed by atoms with Gasteiger partial charge in [-0.25, -0.2) is 9.97 Å². The van der Waals surface area contributed by atoms with E-state index in [4.69, 9.17) is 4.74 Å². The summed E-state index contributed by atoms with van der Waals surface area (Å²) in [5.41, 5.74) is 4.26. The Morgan fingerprint density at radius 3 is 2.45 bits per heavy atom. The molecule has 1 unspecified atom stereocenters. The summed E-state index contributed by atoms with van der Waals surface area (Å²) in [6, 6.07) is 20.7. The molecule has 0 spiro atoms. The Kier molecular flexibility index (Phi) is 5.16. The summed E-state index contributed by atoms with van der Waals surface area (Å²) >= 11 is 0. The van der Waals surface area contributed by atoms with Crippen molar-refractivity contribution in [2.24, 2.45) is 0 Å². The van der Waals surface area contributed by atoms with E-state index in [9.17, 15) is 4.79 Å². The summed E-state index contributed by atoms with van der Waals surface area (Å²) in [6.07, 6.45) is 1.09. The zero-order chi connectivity index (χ0) is 20.2. The fourth-order valence-corrected chi connectivity index (χ4v) is 2.90. The van der Waals surface area contributed by atoms with E-state index in [1.54, 1.807) is 19.2 Å². The number of nitrogens with zero attached hydrogens (tertiary/aromatic N) is 3. The summed E-state index contributed by atoms with van der Waals surface area (Å²) in [5.74, 6) is 0.852.